The van der Waals surface area contributed by atoms with Gasteiger partial charge < -0.3 is 29.2 Å². The van der Waals surface area contributed by atoms with Gasteiger partial charge in [-0.3, -0.25) is 0 Å². The first-order valence-electron chi connectivity index (χ1n) is 13.3. The summed E-state index contributed by atoms with van der Waals surface area (Å²) in [6.07, 6.45) is 6.62. The Balaban J connectivity index is 1.85. The number of benzene rings is 4. The zero-order chi connectivity index (χ0) is 31.0. The first kappa shape index (κ1) is 31.1. The van der Waals surface area contributed by atoms with Gasteiger partial charge in [-0.2, -0.15) is 0 Å². The number of methoxy groups -OCH3 is 4. The van der Waals surface area contributed by atoms with E-state index in [9.17, 15) is 18.6 Å². The van der Waals surface area contributed by atoms with Crippen molar-refractivity contribution in [1.82, 2.24) is 0 Å². The smallest absolute Gasteiger partial charge is 0.171 e. The van der Waals surface area contributed by atoms with Gasteiger partial charge in [0.25, 0.3) is 0 Å². The maximum atomic E-state index is 14.6. The molecule has 2 atom stereocenters. The topological polar surface area (TPSA) is 112 Å². The average molecular weight is 603 g/mol. The summed E-state index contributed by atoms with van der Waals surface area (Å²) < 4.78 is 50.3. The van der Waals surface area contributed by atoms with Crippen LogP contribution in [-0.4, -0.2) is 47.1 Å². The summed E-state index contributed by atoms with van der Waals surface area (Å²) in [4.78, 5) is 0. The van der Waals surface area contributed by atoms with Gasteiger partial charge in [0.2, 0.25) is 0 Å². The fourth-order valence-electron chi connectivity index (χ4n) is 4.56. The van der Waals surface area contributed by atoms with E-state index in [1.54, 1.807) is 111 Å². The summed E-state index contributed by atoms with van der Waals surface area (Å²) in [5, 5.41) is 17.9. The van der Waals surface area contributed by atoms with Gasteiger partial charge in [-0.25, -0.2) is 8.42 Å². The lowest BCUT2D eigenvalue weighted by atomic mass is 10.1. The van der Waals surface area contributed by atoms with Crippen molar-refractivity contribution in [3.8, 4) is 34.5 Å². The molecule has 4 aromatic carbocycles. The lowest BCUT2D eigenvalue weighted by Crippen LogP contribution is -2.19. The third-order valence-electron chi connectivity index (χ3n) is 6.93. The molecule has 2 unspecified atom stereocenters. The number of hydrogen-bond donors (Lipinski definition) is 2. The van der Waals surface area contributed by atoms with E-state index in [0.29, 0.717) is 33.8 Å². The minimum Gasteiger partial charge on any atom is -0.504 e. The Morgan fingerprint density at radius 3 is 1.26 bits per heavy atom. The van der Waals surface area contributed by atoms with Crippen LogP contribution in [0.5, 0.6) is 34.5 Å². The SMILES string of the molecule is COc1ccc(C(/C=C\c2ccc(O)c(OC)c2)S(=O)(=O)C(/C=C\c2ccc(O)c(OC)c2)c2ccc(OC)cc2)cc1. The van der Waals surface area contributed by atoms with Crippen LogP contribution in [0.4, 0.5) is 0 Å². The molecule has 4 aromatic rings. The normalized spacial score (nSPS) is 13.1. The van der Waals surface area contributed by atoms with Gasteiger partial charge in [-0.05, 0) is 70.8 Å². The Morgan fingerprint density at radius 1 is 0.558 bits per heavy atom. The molecule has 0 aromatic heterocycles. The lowest BCUT2D eigenvalue weighted by molar-refractivity contribution is 0.373. The number of phenolic OH excluding ortho intramolecular Hbond substituents is 2. The number of phenols is 2. The molecule has 0 bridgehead atoms. The van der Waals surface area contributed by atoms with Crippen molar-refractivity contribution in [3.63, 3.8) is 0 Å². The molecule has 0 saturated carbocycles. The average Bonchev–Trinajstić information content (AvgIpc) is 3.03. The minimum atomic E-state index is -4.01. The molecule has 0 radical (unpaired) electrons. The highest BCUT2D eigenvalue weighted by Gasteiger charge is 2.33. The largest absolute Gasteiger partial charge is 0.504 e. The van der Waals surface area contributed by atoms with Crippen molar-refractivity contribution in [2.75, 3.05) is 28.4 Å². The molecular weight excluding hydrogens is 568 g/mol. The third kappa shape index (κ3) is 7.31. The Labute approximate surface area is 252 Å². The van der Waals surface area contributed by atoms with Crippen molar-refractivity contribution >= 4 is 22.0 Å². The molecule has 2 N–H and O–H groups in total. The zero-order valence-corrected chi connectivity index (χ0v) is 25.1. The van der Waals surface area contributed by atoms with Gasteiger partial charge in [0.15, 0.2) is 32.8 Å². The van der Waals surface area contributed by atoms with E-state index in [0.717, 1.165) is 0 Å². The molecule has 0 fully saturated rings. The van der Waals surface area contributed by atoms with E-state index in [1.807, 2.05) is 0 Å². The van der Waals surface area contributed by atoms with Crippen LogP contribution in [0.25, 0.3) is 12.2 Å². The maximum absolute atomic E-state index is 14.6. The summed E-state index contributed by atoms with van der Waals surface area (Å²) in [5.74, 6) is 1.70. The van der Waals surface area contributed by atoms with E-state index >= 15 is 0 Å². The second-order valence-electron chi connectivity index (χ2n) is 9.56. The van der Waals surface area contributed by atoms with E-state index in [4.69, 9.17) is 18.9 Å². The summed E-state index contributed by atoms with van der Waals surface area (Å²) in [5.41, 5.74) is 2.38. The number of rotatable bonds is 12. The number of hydrogen-bond acceptors (Lipinski definition) is 8. The predicted molar refractivity (Wildman–Crippen MR) is 168 cm³/mol. The Hall–Kier alpha value is -4.89. The third-order valence-corrected chi connectivity index (χ3v) is 9.21. The summed E-state index contributed by atoms with van der Waals surface area (Å²) in [7, 11) is 1.97. The fraction of sp³-hybridized carbons (Fsp3) is 0.176. The minimum absolute atomic E-state index is 0.0189. The molecule has 0 amide bonds. The summed E-state index contributed by atoms with van der Waals surface area (Å²) in [6.45, 7) is 0. The van der Waals surface area contributed by atoms with Gasteiger partial charge in [0.1, 0.15) is 22.0 Å². The first-order valence-corrected chi connectivity index (χ1v) is 14.9. The van der Waals surface area contributed by atoms with E-state index in [-0.39, 0.29) is 23.0 Å². The number of aromatic hydroxyl groups is 2. The van der Waals surface area contributed by atoms with E-state index < -0.39 is 20.3 Å². The molecule has 9 heteroatoms. The van der Waals surface area contributed by atoms with E-state index in [2.05, 4.69) is 0 Å². The summed E-state index contributed by atoms with van der Waals surface area (Å²) in [6, 6.07) is 23.4. The second kappa shape index (κ2) is 13.8. The van der Waals surface area contributed by atoms with Crippen molar-refractivity contribution < 1.29 is 37.6 Å². The van der Waals surface area contributed by atoms with Crippen LogP contribution in [0.1, 0.15) is 32.8 Å². The predicted octanol–water partition coefficient (Wildman–Crippen LogP) is 6.76. The summed E-state index contributed by atoms with van der Waals surface area (Å²) >= 11 is 0. The molecule has 0 aliphatic rings. The van der Waals surface area contributed by atoms with Crippen LogP contribution in [0.2, 0.25) is 0 Å². The second-order valence-corrected chi connectivity index (χ2v) is 11.8. The van der Waals surface area contributed by atoms with Crippen molar-refractivity contribution in [3.05, 3.63) is 119 Å². The number of ether oxygens (including phenoxy) is 4. The molecule has 4 rings (SSSR count). The van der Waals surface area contributed by atoms with Crippen molar-refractivity contribution in [1.29, 1.82) is 0 Å². The molecule has 43 heavy (non-hydrogen) atoms. The van der Waals surface area contributed by atoms with Crippen LogP contribution in [-0.2, 0) is 9.84 Å². The molecular formula is C34H34O8S. The standard InChI is InChI=1S/C34H34O8S/c1-39-27-13-9-25(10-14-27)33(19-7-23-5-17-29(35)31(21-23)41-3)43(37,38)34(26-11-15-28(40-2)16-12-26)20-8-24-6-18-30(36)32(22-24)42-4/h5-22,33-36H,1-4H3/b19-7-,20-8-. The van der Waals surface area contributed by atoms with Crippen LogP contribution in [0.3, 0.4) is 0 Å². The highest BCUT2D eigenvalue weighted by atomic mass is 32.2. The van der Waals surface area contributed by atoms with Crippen LogP contribution in [0.15, 0.2) is 97.1 Å². The highest BCUT2D eigenvalue weighted by Crippen LogP contribution is 2.39. The van der Waals surface area contributed by atoms with Gasteiger partial charge in [0, 0.05) is 0 Å². The van der Waals surface area contributed by atoms with Crippen LogP contribution >= 0.6 is 0 Å². The molecule has 0 aliphatic heterocycles. The van der Waals surface area contributed by atoms with E-state index in [1.165, 1.54) is 26.4 Å². The monoisotopic (exact) mass is 602 g/mol. The number of sulfone groups is 1. The Bertz CT molecular complexity index is 1570. The maximum Gasteiger partial charge on any atom is 0.171 e. The zero-order valence-electron chi connectivity index (χ0n) is 24.3. The fourth-order valence-corrected chi connectivity index (χ4v) is 6.54. The highest BCUT2D eigenvalue weighted by molar-refractivity contribution is 7.92. The van der Waals surface area contributed by atoms with Crippen molar-refractivity contribution in [2.45, 2.75) is 10.5 Å². The van der Waals surface area contributed by atoms with Gasteiger partial charge in [-0.15, -0.1) is 0 Å². The molecule has 0 heterocycles. The molecule has 0 spiro atoms. The quantitative estimate of drug-likeness (QED) is 0.183. The molecule has 224 valence electrons. The first-order chi connectivity index (χ1) is 20.7. The Morgan fingerprint density at radius 2 is 0.930 bits per heavy atom. The van der Waals surface area contributed by atoms with Gasteiger partial charge in [0.05, 0.1) is 28.4 Å². The Kier molecular flexibility index (Phi) is 10.0. The van der Waals surface area contributed by atoms with Crippen molar-refractivity contribution in [2.24, 2.45) is 0 Å². The molecule has 0 saturated heterocycles. The van der Waals surface area contributed by atoms with Crippen LogP contribution in [0, 0.1) is 0 Å². The van der Waals surface area contributed by atoms with Crippen LogP contribution < -0.4 is 18.9 Å². The molecule has 8 nitrogen and oxygen atoms in total. The van der Waals surface area contributed by atoms with Gasteiger partial charge >= 0.3 is 0 Å². The lowest BCUT2D eigenvalue weighted by Gasteiger charge is -2.22. The van der Waals surface area contributed by atoms with Gasteiger partial charge in [-0.1, -0.05) is 60.7 Å². The molecule has 0 aliphatic carbocycles.